The Kier molecular flexibility index (Phi) is 6.00. The van der Waals surface area contributed by atoms with Gasteiger partial charge in [0, 0.05) is 12.5 Å². The third-order valence-corrected chi connectivity index (χ3v) is 4.48. The molecule has 0 bridgehead atoms. The molecule has 0 amide bonds. The van der Waals surface area contributed by atoms with Gasteiger partial charge in [-0.2, -0.15) is 5.26 Å². The zero-order valence-electron chi connectivity index (χ0n) is 11.4. The summed E-state index contributed by atoms with van der Waals surface area (Å²) >= 11 is 0. The molecule has 1 unspecified atom stereocenters. The van der Waals surface area contributed by atoms with Gasteiger partial charge in [-0.25, -0.2) is 13.1 Å². The highest BCUT2D eigenvalue weighted by Crippen LogP contribution is 2.15. The van der Waals surface area contributed by atoms with Crippen LogP contribution in [-0.4, -0.2) is 14.2 Å². The van der Waals surface area contributed by atoms with Crippen molar-refractivity contribution >= 4 is 10.0 Å². The Morgan fingerprint density at radius 2 is 1.95 bits per heavy atom. The first-order chi connectivity index (χ1) is 8.98. The lowest BCUT2D eigenvalue weighted by Gasteiger charge is -2.14. The van der Waals surface area contributed by atoms with Crippen LogP contribution in [0.15, 0.2) is 24.3 Å². The van der Waals surface area contributed by atoms with Crippen LogP contribution in [0.5, 0.6) is 0 Å². The maximum atomic E-state index is 11.8. The first kappa shape index (κ1) is 15.7. The SMILES string of the molecule is CCc1ccc(C(C)NS(=O)(=O)CCCC#N)cc1. The van der Waals surface area contributed by atoms with E-state index in [1.165, 1.54) is 5.56 Å². The molecular weight excluding hydrogens is 260 g/mol. The summed E-state index contributed by atoms with van der Waals surface area (Å²) in [5.41, 5.74) is 2.17. The summed E-state index contributed by atoms with van der Waals surface area (Å²) in [7, 11) is -3.32. The Labute approximate surface area is 115 Å². The van der Waals surface area contributed by atoms with Gasteiger partial charge in [-0.15, -0.1) is 0 Å². The third kappa shape index (κ3) is 5.41. The molecule has 1 rings (SSSR count). The van der Waals surface area contributed by atoms with Gasteiger partial charge in [-0.05, 0) is 30.9 Å². The Balaban J connectivity index is 2.62. The molecule has 104 valence electrons. The Bertz CT molecular complexity index is 530. The van der Waals surface area contributed by atoms with Gasteiger partial charge in [0.15, 0.2) is 0 Å². The Morgan fingerprint density at radius 3 is 2.47 bits per heavy atom. The van der Waals surface area contributed by atoms with Crippen LogP contribution in [0, 0.1) is 11.3 Å². The van der Waals surface area contributed by atoms with Gasteiger partial charge in [0.25, 0.3) is 0 Å². The fraction of sp³-hybridized carbons (Fsp3) is 0.500. The van der Waals surface area contributed by atoms with Crippen molar-refractivity contribution < 1.29 is 8.42 Å². The van der Waals surface area contributed by atoms with E-state index >= 15 is 0 Å². The Hall–Kier alpha value is -1.38. The minimum atomic E-state index is -3.32. The van der Waals surface area contributed by atoms with Crippen molar-refractivity contribution in [2.24, 2.45) is 0 Å². The summed E-state index contributed by atoms with van der Waals surface area (Å²) < 4.78 is 26.2. The van der Waals surface area contributed by atoms with Gasteiger partial charge in [0.1, 0.15) is 0 Å². The topological polar surface area (TPSA) is 70.0 Å². The highest BCUT2D eigenvalue weighted by Gasteiger charge is 2.15. The predicted molar refractivity (Wildman–Crippen MR) is 76.0 cm³/mol. The van der Waals surface area contributed by atoms with Crippen molar-refractivity contribution in [3.8, 4) is 6.07 Å². The molecule has 0 saturated carbocycles. The molecule has 19 heavy (non-hydrogen) atoms. The van der Waals surface area contributed by atoms with Gasteiger partial charge < -0.3 is 0 Å². The molecule has 0 aliphatic rings. The van der Waals surface area contributed by atoms with Crippen LogP contribution in [0.3, 0.4) is 0 Å². The van der Waals surface area contributed by atoms with Crippen LogP contribution in [-0.2, 0) is 16.4 Å². The highest BCUT2D eigenvalue weighted by molar-refractivity contribution is 7.89. The van der Waals surface area contributed by atoms with E-state index in [1.54, 1.807) is 0 Å². The number of aryl methyl sites for hydroxylation is 1. The molecule has 1 aromatic rings. The van der Waals surface area contributed by atoms with E-state index in [0.717, 1.165) is 12.0 Å². The van der Waals surface area contributed by atoms with Crippen LogP contribution in [0.2, 0.25) is 0 Å². The molecule has 1 atom stereocenters. The van der Waals surface area contributed by atoms with Crippen LogP contribution < -0.4 is 4.72 Å². The molecular formula is C14H20N2O2S. The van der Waals surface area contributed by atoms with E-state index in [2.05, 4.69) is 11.6 Å². The number of nitrogens with zero attached hydrogens (tertiary/aromatic N) is 1. The standard InChI is InChI=1S/C14H20N2O2S/c1-3-13-6-8-14(9-7-13)12(2)16-19(17,18)11-5-4-10-15/h6-9,12,16H,3-5,11H2,1-2H3. The van der Waals surface area contributed by atoms with Crippen molar-refractivity contribution in [3.05, 3.63) is 35.4 Å². The quantitative estimate of drug-likeness (QED) is 0.780. The van der Waals surface area contributed by atoms with Crippen molar-refractivity contribution in [1.82, 2.24) is 4.72 Å². The molecule has 0 aromatic heterocycles. The highest BCUT2D eigenvalue weighted by atomic mass is 32.2. The minimum Gasteiger partial charge on any atom is -0.212 e. The third-order valence-electron chi connectivity index (χ3n) is 2.95. The van der Waals surface area contributed by atoms with E-state index in [9.17, 15) is 8.42 Å². The number of sulfonamides is 1. The Morgan fingerprint density at radius 1 is 1.32 bits per heavy atom. The first-order valence-electron chi connectivity index (χ1n) is 6.44. The van der Waals surface area contributed by atoms with Crippen molar-refractivity contribution in [3.63, 3.8) is 0 Å². The lowest BCUT2D eigenvalue weighted by atomic mass is 10.1. The van der Waals surface area contributed by atoms with Gasteiger partial charge in [-0.1, -0.05) is 31.2 Å². The largest absolute Gasteiger partial charge is 0.212 e. The molecule has 0 saturated heterocycles. The van der Waals surface area contributed by atoms with E-state index in [-0.39, 0.29) is 18.2 Å². The maximum absolute atomic E-state index is 11.8. The zero-order valence-corrected chi connectivity index (χ0v) is 12.2. The maximum Gasteiger partial charge on any atom is 0.212 e. The van der Waals surface area contributed by atoms with Crippen LogP contribution in [0.25, 0.3) is 0 Å². The summed E-state index contributed by atoms with van der Waals surface area (Å²) in [5, 5.41) is 8.41. The van der Waals surface area contributed by atoms with Crippen LogP contribution in [0.1, 0.15) is 43.9 Å². The predicted octanol–water partition coefficient (Wildman–Crippen LogP) is 2.53. The molecule has 0 radical (unpaired) electrons. The summed E-state index contributed by atoms with van der Waals surface area (Å²) in [6.45, 7) is 3.90. The second-order valence-electron chi connectivity index (χ2n) is 4.52. The fourth-order valence-electron chi connectivity index (χ4n) is 1.78. The number of benzene rings is 1. The number of nitriles is 1. The lowest BCUT2D eigenvalue weighted by Crippen LogP contribution is -2.29. The van der Waals surface area contributed by atoms with E-state index in [1.807, 2.05) is 37.3 Å². The molecule has 0 aliphatic heterocycles. The fourth-order valence-corrected chi connectivity index (χ4v) is 3.10. The summed E-state index contributed by atoms with van der Waals surface area (Å²) in [6, 6.07) is 9.60. The van der Waals surface area contributed by atoms with Gasteiger partial charge in [-0.3, -0.25) is 0 Å². The van der Waals surface area contributed by atoms with Crippen LogP contribution in [0.4, 0.5) is 0 Å². The van der Waals surface area contributed by atoms with Crippen LogP contribution >= 0.6 is 0 Å². The molecule has 4 nitrogen and oxygen atoms in total. The van der Waals surface area contributed by atoms with Gasteiger partial charge >= 0.3 is 0 Å². The molecule has 1 aromatic carbocycles. The first-order valence-corrected chi connectivity index (χ1v) is 8.09. The minimum absolute atomic E-state index is 0.00204. The zero-order chi connectivity index (χ0) is 14.3. The number of unbranched alkanes of at least 4 members (excludes halogenated alkanes) is 1. The average molecular weight is 280 g/mol. The van der Waals surface area contributed by atoms with Crippen molar-refractivity contribution in [2.75, 3.05) is 5.75 Å². The molecule has 5 heteroatoms. The van der Waals surface area contributed by atoms with Gasteiger partial charge in [0.2, 0.25) is 10.0 Å². The number of hydrogen-bond acceptors (Lipinski definition) is 3. The molecule has 0 heterocycles. The lowest BCUT2D eigenvalue weighted by molar-refractivity contribution is 0.564. The van der Waals surface area contributed by atoms with Gasteiger partial charge in [0.05, 0.1) is 11.8 Å². The number of rotatable bonds is 7. The van der Waals surface area contributed by atoms with E-state index in [0.29, 0.717) is 6.42 Å². The summed E-state index contributed by atoms with van der Waals surface area (Å²) in [6.07, 6.45) is 1.60. The molecule has 0 spiro atoms. The van der Waals surface area contributed by atoms with E-state index in [4.69, 9.17) is 5.26 Å². The van der Waals surface area contributed by atoms with Crippen molar-refractivity contribution in [2.45, 2.75) is 39.2 Å². The average Bonchev–Trinajstić information content (AvgIpc) is 2.38. The van der Waals surface area contributed by atoms with E-state index < -0.39 is 10.0 Å². The second-order valence-corrected chi connectivity index (χ2v) is 6.39. The number of nitrogens with one attached hydrogen (secondary N) is 1. The summed E-state index contributed by atoms with van der Waals surface area (Å²) in [5.74, 6) is -0.00204. The molecule has 1 N–H and O–H groups in total. The smallest absolute Gasteiger partial charge is 0.212 e. The monoisotopic (exact) mass is 280 g/mol. The molecule has 0 aliphatic carbocycles. The normalized spacial score (nSPS) is 12.9. The second kappa shape index (κ2) is 7.27. The number of hydrogen-bond donors (Lipinski definition) is 1. The van der Waals surface area contributed by atoms with Crippen molar-refractivity contribution in [1.29, 1.82) is 5.26 Å². The molecule has 0 fully saturated rings. The summed E-state index contributed by atoms with van der Waals surface area (Å²) in [4.78, 5) is 0.